The molecular formula is C18H18Cl2N2O2Pd. The van der Waals surface area contributed by atoms with Crippen molar-refractivity contribution in [3.8, 4) is 11.5 Å². The second kappa shape index (κ2) is 10.6. The van der Waals surface area contributed by atoms with E-state index in [-0.39, 0.29) is 15.9 Å². The normalized spacial score (nSPS) is 13.3. The van der Waals surface area contributed by atoms with Crippen LogP contribution in [0, 0.1) is 0 Å². The fraction of sp³-hybridized carbons (Fsp3) is 0.222. The van der Waals surface area contributed by atoms with Gasteiger partial charge in [0.25, 0.3) is 0 Å². The summed E-state index contributed by atoms with van der Waals surface area (Å²) in [7, 11) is 13.0. The summed E-state index contributed by atoms with van der Waals surface area (Å²) in [6, 6.07) is 15.9. The van der Waals surface area contributed by atoms with Crippen LogP contribution in [0.25, 0.3) is 0 Å². The predicted octanol–water partition coefficient (Wildman–Crippen LogP) is 4.37. The standard InChI is InChI=1S/2C9H9NO.2ClH.Pd/c2*1-11-8-4-2-7(3-5-8)9-6-10-9;;;/h2*2-5H,6H2,1H3;2*1H;/q;;;;+2/p-2. The van der Waals surface area contributed by atoms with E-state index in [2.05, 4.69) is 9.98 Å². The van der Waals surface area contributed by atoms with Gasteiger partial charge in [0.05, 0.1) is 38.7 Å². The Kier molecular flexibility index (Phi) is 8.44. The Bertz CT molecular complexity index is 668. The molecule has 2 aromatic carbocycles. The summed E-state index contributed by atoms with van der Waals surface area (Å²) >= 11 is -0.106. The summed E-state index contributed by atoms with van der Waals surface area (Å²) in [5.74, 6) is 1.80. The van der Waals surface area contributed by atoms with E-state index in [1.54, 1.807) is 14.2 Å². The minimum atomic E-state index is -0.106. The van der Waals surface area contributed by atoms with Crippen molar-refractivity contribution in [1.82, 2.24) is 0 Å². The average molecular weight is 472 g/mol. The first-order valence-electron chi connectivity index (χ1n) is 7.39. The number of rotatable bonds is 4. The van der Waals surface area contributed by atoms with Crippen LogP contribution in [0.4, 0.5) is 0 Å². The van der Waals surface area contributed by atoms with Crippen LogP contribution in [0.1, 0.15) is 11.1 Å². The molecule has 2 heterocycles. The van der Waals surface area contributed by atoms with Gasteiger partial charge in [0.15, 0.2) is 0 Å². The van der Waals surface area contributed by atoms with Gasteiger partial charge in [0.2, 0.25) is 0 Å². The van der Waals surface area contributed by atoms with E-state index in [9.17, 15) is 0 Å². The Morgan fingerprint density at radius 3 is 1.20 bits per heavy atom. The molecule has 0 unspecified atom stereocenters. The van der Waals surface area contributed by atoms with Crippen LogP contribution in [0.2, 0.25) is 0 Å². The second-order valence-corrected chi connectivity index (χ2v) is 7.39. The van der Waals surface area contributed by atoms with Crippen LogP contribution >= 0.6 is 19.1 Å². The van der Waals surface area contributed by atoms with Crippen molar-refractivity contribution < 1.29 is 25.4 Å². The molecule has 0 amide bonds. The molecule has 136 valence electrons. The Balaban J connectivity index is 0.000000156. The van der Waals surface area contributed by atoms with Gasteiger partial charge >= 0.3 is 35.0 Å². The molecule has 0 aliphatic carbocycles. The molecule has 0 spiro atoms. The molecular weight excluding hydrogens is 454 g/mol. The third kappa shape index (κ3) is 7.17. The molecule has 0 saturated heterocycles. The van der Waals surface area contributed by atoms with Crippen molar-refractivity contribution in [1.29, 1.82) is 0 Å². The molecule has 0 saturated carbocycles. The van der Waals surface area contributed by atoms with Crippen molar-refractivity contribution in [3.05, 3.63) is 59.7 Å². The third-order valence-corrected chi connectivity index (χ3v) is 3.48. The van der Waals surface area contributed by atoms with Gasteiger partial charge in [-0.25, -0.2) is 0 Å². The van der Waals surface area contributed by atoms with E-state index >= 15 is 0 Å². The number of benzene rings is 2. The Hall–Kier alpha value is -1.38. The first-order valence-corrected chi connectivity index (χ1v) is 11.4. The zero-order valence-corrected chi connectivity index (χ0v) is 16.9. The van der Waals surface area contributed by atoms with Crippen LogP contribution in [0.3, 0.4) is 0 Å². The van der Waals surface area contributed by atoms with Crippen molar-refractivity contribution in [2.24, 2.45) is 9.98 Å². The molecule has 25 heavy (non-hydrogen) atoms. The minimum absolute atomic E-state index is 0.106. The van der Waals surface area contributed by atoms with E-state index in [4.69, 9.17) is 28.5 Å². The van der Waals surface area contributed by atoms with Crippen LogP contribution in [0.15, 0.2) is 58.5 Å². The summed E-state index contributed by atoms with van der Waals surface area (Å²) in [4.78, 5) is 8.21. The molecule has 0 bridgehead atoms. The summed E-state index contributed by atoms with van der Waals surface area (Å²) < 4.78 is 10.1. The van der Waals surface area contributed by atoms with Gasteiger partial charge in [-0.1, -0.05) is 0 Å². The summed E-state index contributed by atoms with van der Waals surface area (Å²) in [6.45, 7) is 1.82. The van der Waals surface area contributed by atoms with Crippen LogP contribution in [-0.4, -0.2) is 38.7 Å². The Labute approximate surface area is 164 Å². The maximum atomic E-state index is 5.03. The van der Waals surface area contributed by atoms with Gasteiger partial charge in [-0.2, -0.15) is 0 Å². The molecule has 0 atom stereocenters. The van der Waals surface area contributed by atoms with E-state index in [1.807, 2.05) is 48.5 Å². The maximum absolute atomic E-state index is 5.03. The quantitative estimate of drug-likeness (QED) is 0.622. The van der Waals surface area contributed by atoms with Crippen molar-refractivity contribution >= 4 is 30.5 Å². The van der Waals surface area contributed by atoms with Gasteiger partial charge in [0, 0.05) is 0 Å². The van der Waals surface area contributed by atoms with Gasteiger partial charge in [-0.15, -0.1) is 0 Å². The van der Waals surface area contributed by atoms with Gasteiger partial charge in [0.1, 0.15) is 11.5 Å². The molecule has 2 aromatic rings. The molecule has 2 aliphatic rings. The van der Waals surface area contributed by atoms with Gasteiger partial charge in [-0.3, -0.25) is 9.98 Å². The molecule has 0 N–H and O–H groups in total. The zero-order chi connectivity index (χ0) is 18.1. The molecule has 4 rings (SSSR count). The van der Waals surface area contributed by atoms with Crippen molar-refractivity contribution in [2.45, 2.75) is 0 Å². The number of hydrogen-bond acceptors (Lipinski definition) is 4. The van der Waals surface area contributed by atoms with E-state index in [0.29, 0.717) is 0 Å². The van der Waals surface area contributed by atoms with E-state index in [0.717, 1.165) is 24.6 Å². The van der Waals surface area contributed by atoms with E-state index in [1.165, 1.54) is 22.6 Å². The summed E-state index contributed by atoms with van der Waals surface area (Å²) in [6.07, 6.45) is 0. The Morgan fingerprint density at radius 2 is 1.00 bits per heavy atom. The fourth-order valence-electron chi connectivity index (χ4n) is 2.01. The molecule has 0 fully saturated rings. The SMILES string of the molecule is COc1ccc(C2=NC2)cc1.COc1ccc(C2=NC2)cc1.[Cl][Pd][Cl]. The topological polar surface area (TPSA) is 43.2 Å². The van der Waals surface area contributed by atoms with Crippen molar-refractivity contribution in [3.63, 3.8) is 0 Å². The van der Waals surface area contributed by atoms with Crippen LogP contribution < -0.4 is 9.47 Å². The van der Waals surface area contributed by atoms with Crippen LogP contribution in [0.5, 0.6) is 11.5 Å². The number of halogens is 2. The zero-order valence-electron chi connectivity index (χ0n) is 13.8. The van der Waals surface area contributed by atoms with Crippen LogP contribution in [-0.2, 0) is 15.9 Å². The summed E-state index contributed by atoms with van der Waals surface area (Å²) in [5.41, 5.74) is 4.83. The number of aliphatic imine (C=N–C) groups is 2. The first kappa shape index (κ1) is 19.9. The summed E-state index contributed by atoms with van der Waals surface area (Å²) in [5, 5.41) is 0. The van der Waals surface area contributed by atoms with Gasteiger partial charge < -0.3 is 9.47 Å². The van der Waals surface area contributed by atoms with E-state index < -0.39 is 0 Å². The fourth-order valence-corrected chi connectivity index (χ4v) is 2.01. The molecule has 0 aromatic heterocycles. The number of hydrogen-bond donors (Lipinski definition) is 0. The second-order valence-electron chi connectivity index (χ2n) is 5.03. The third-order valence-electron chi connectivity index (χ3n) is 3.48. The number of ether oxygens (including phenoxy) is 2. The molecule has 2 aliphatic heterocycles. The monoisotopic (exact) mass is 470 g/mol. The van der Waals surface area contributed by atoms with Crippen molar-refractivity contribution in [2.75, 3.05) is 27.3 Å². The first-order chi connectivity index (χ1) is 12.2. The predicted molar refractivity (Wildman–Crippen MR) is 101 cm³/mol. The number of nitrogens with zero attached hydrogens (tertiary/aromatic N) is 2. The van der Waals surface area contributed by atoms with Gasteiger partial charge in [-0.05, 0) is 59.7 Å². The number of methoxy groups -OCH3 is 2. The molecule has 7 heteroatoms. The molecule has 0 radical (unpaired) electrons. The average Bonchev–Trinajstić information content (AvgIpc) is 3.55. The Morgan fingerprint density at radius 1 is 0.720 bits per heavy atom. The molecule has 4 nitrogen and oxygen atoms in total.